The molecule has 2 rings (SSSR count). The monoisotopic (exact) mass is 270 g/mol. The van der Waals surface area contributed by atoms with Crippen LogP contribution in [0.4, 0.5) is 5.69 Å². The molecule has 0 bridgehead atoms. The van der Waals surface area contributed by atoms with Gasteiger partial charge in [-0.25, -0.2) is 0 Å². The Morgan fingerprint density at radius 1 is 0.950 bits per heavy atom. The van der Waals surface area contributed by atoms with E-state index >= 15 is 0 Å². The van der Waals surface area contributed by atoms with Crippen molar-refractivity contribution in [3.8, 4) is 0 Å². The number of anilines is 1. The molecule has 2 aromatic carbocycles. The van der Waals surface area contributed by atoms with E-state index in [4.69, 9.17) is 10.8 Å². The highest BCUT2D eigenvalue weighted by Gasteiger charge is 2.03. The maximum Gasteiger partial charge on any atom is 0.224 e. The maximum atomic E-state index is 11.8. The van der Waals surface area contributed by atoms with Gasteiger partial charge in [0.2, 0.25) is 5.91 Å². The normalized spacial score (nSPS) is 10.2. The lowest BCUT2D eigenvalue weighted by atomic mass is 10.1. The number of hydrogen-bond acceptors (Lipinski definition) is 3. The molecule has 20 heavy (non-hydrogen) atoms. The number of benzene rings is 2. The van der Waals surface area contributed by atoms with Gasteiger partial charge in [0.25, 0.3) is 0 Å². The smallest absolute Gasteiger partial charge is 0.224 e. The van der Waals surface area contributed by atoms with Gasteiger partial charge in [0.1, 0.15) is 0 Å². The van der Waals surface area contributed by atoms with E-state index in [2.05, 4.69) is 5.32 Å². The SMILES string of the molecule is Nc1ccc(CC(=O)NCc2ccc(CO)cc2)cc1. The van der Waals surface area contributed by atoms with E-state index in [1.54, 1.807) is 12.1 Å². The van der Waals surface area contributed by atoms with Gasteiger partial charge in [-0.2, -0.15) is 0 Å². The summed E-state index contributed by atoms with van der Waals surface area (Å²) in [5, 5.41) is 11.8. The van der Waals surface area contributed by atoms with Crippen molar-refractivity contribution >= 4 is 11.6 Å². The lowest BCUT2D eigenvalue weighted by molar-refractivity contribution is -0.120. The highest BCUT2D eigenvalue weighted by atomic mass is 16.3. The number of nitrogen functional groups attached to an aromatic ring is 1. The van der Waals surface area contributed by atoms with Crippen LogP contribution in [0.5, 0.6) is 0 Å². The van der Waals surface area contributed by atoms with Crippen molar-refractivity contribution in [2.24, 2.45) is 0 Å². The molecule has 0 aromatic heterocycles. The zero-order chi connectivity index (χ0) is 14.4. The Bertz CT molecular complexity index is 562. The Morgan fingerprint density at radius 3 is 2.10 bits per heavy atom. The first-order valence-electron chi connectivity index (χ1n) is 6.47. The molecule has 2 aromatic rings. The molecular weight excluding hydrogens is 252 g/mol. The molecule has 0 radical (unpaired) electrons. The maximum absolute atomic E-state index is 11.8. The van der Waals surface area contributed by atoms with Crippen molar-refractivity contribution in [3.63, 3.8) is 0 Å². The molecule has 0 saturated carbocycles. The summed E-state index contributed by atoms with van der Waals surface area (Å²) < 4.78 is 0. The fourth-order valence-corrected chi connectivity index (χ4v) is 1.85. The minimum Gasteiger partial charge on any atom is -0.399 e. The molecule has 0 atom stereocenters. The van der Waals surface area contributed by atoms with Crippen LogP contribution in [-0.4, -0.2) is 11.0 Å². The first-order valence-corrected chi connectivity index (χ1v) is 6.47. The van der Waals surface area contributed by atoms with E-state index < -0.39 is 0 Å². The standard InChI is InChI=1S/C16H18N2O2/c17-15-7-5-12(6-8-15)9-16(20)18-10-13-1-3-14(11-19)4-2-13/h1-8,19H,9-11,17H2,(H,18,20). The Balaban J connectivity index is 1.83. The Morgan fingerprint density at radius 2 is 1.50 bits per heavy atom. The van der Waals surface area contributed by atoms with Gasteiger partial charge in [-0.15, -0.1) is 0 Å². The molecule has 0 fully saturated rings. The first kappa shape index (κ1) is 14.1. The zero-order valence-electron chi connectivity index (χ0n) is 11.2. The van der Waals surface area contributed by atoms with Crippen LogP contribution in [0.3, 0.4) is 0 Å². The van der Waals surface area contributed by atoms with Gasteiger partial charge in [0.15, 0.2) is 0 Å². The minimum absolute atomic E-state index is 0.0268. The van der Waals surface area contributed by atoms with E-state index in [0.29, 0.717) is 18.7 Å². The van der Waals surface area contributed by atoms with E-state index in [0.717, 1.165) is 16.7 Å². The summed E-state index contributed by atoms with van der Waals surface area (Å²) in [6, 6.07) is 14.8. The molecule has 4 N–H and O–H groups in total. The summed E-state index contributed by atoms with van der Waals surface area (Å²) in [7, 11) is 0. The van der Waals surface area contributed by atoms with Crippen molar-refractivity contribution in [1.82, 2.24) is 5.32 Å². The highest BCUT2D eigenvalue weighted by molar-refractivity contribution is 5.78. The van der Waals surface area contributed by atoms with Crippen molar-refractivity contribution in [3.05, 3.63) is 65.2 Å². The molecular formula is C16H18N2O2. The second-order valence-electron chi connectivity index (χ2n) is 4.67. The number of nitrogens with one attached hydrogen (secondary N) is 1. The third kappa shape index (κ3) is 4.10. The van der Waals surface area contributed by atoms with E-state index in [1.807, 2.05) is 36.4 Å². The van der Waals surface area contributed by atoms with E-state index in [1.165, 1.54) is 0 Å². The molecule has 0 aliphatic rings. The van der Waals surface area contributed by atoms with Crippen LogP contribution in [0.15, 0.2) is 48.5 Å². The molecule has 4 heteroatoms. The van der Waals surface area contributed by atoms with Crippen molar-refractivity contribution in [2.45, 2.75) is 19.6 Å². The van der Waals surface area contributed by atoms with Gasteiger partial charge in [0.05, 0.1) is 13.0 Å². The lowest BCUT2D eigenvalue weighted by Crippen LogP contribution is -2.24. The molecule has 104 valence electrons. The van der Waals surface area contributed by atoms with Crippen LogP contribution >= 0.6 is 0 Å². The Labute approximate surface area is 118 Å². The number of nitrogens with two attached hydrogens (primary N) is 1. The quantitative estimate of drug-likeness (QED) is 0.723. The van der Waals surface area contributed by atoms with Gasteiger partial charge in [-0.1, -0.05) is 36.4 Å². The third-order valence-electron chi connectivity index (χ3n) is 3.04. The van der Waals surface area contributed by atoms with Crippen LogP contribution in [0.25, 0.3) is 0 Å². The molecule has 0 unspecified atom stereocenters. The first-order chi connectivity index (χ1) is 9.67. The summed E-state index contributed by atoms with van der Waals surface area (Å²) in [5.74, 6) is -0.0268. The summed E-state index contributed by atoms with van der Waals surface area (Å²) in [6.07, 6.45) is 0.342. The van der Waals surface area contributed by atoms with Crippen LogP contribution < -0.4 is 11.1 Å². The van der Waals surface area contributed by atoms with Crippen LogP contribution in [0.1, 0.15) is 16.7 Å². The van der Waals surface area contributed by atoms with Crippen molar-refractivity contribution in [1.29, 1.82) is 0 Å². The zero-order valence-corrected chi connectivity index (χ0v) is 11.2. The van der Waals surface area contributed by atoms with Gasteiger partial charge in [0, 0.05) is 12.2 Å². The Kier molecular flexibility index (Phi) is 4.74. The number of aliphatic hydroxyl groups is 1. The molecule has 0 aliphatic heterocycles. The van der Waals surface area contributed by atoms with Gasteiger partial charge in [-0.05, 0) is 28.8 Å². The van der Waals surface area contributed by atoms with Gasteiger partial charge >= 0.3 is 0 Å². The second-order valence-corrected chi connectivity index (χ2v) is 4.67. The lowest BCUT2D eigenvalue weighted by Gasteiger charge is -2.06. The number of rotatable bonds is 5. The number of hydrogen-bond donors (Lipinski definition) is 3. The third-order valence-corrected chi connectivity index (χ3v) is 3.04. The molecule has 0 saturated heterocycles. The number of amides is 1. The summed E-state index contributed by atoms with van der Waals surface area (Å²) in [5.41, 5.74) is 9.10. The summed E-state index contributed by atoms with van der Waals surface area (Å²) in [6.45, 7) is 0.517. The van der Waals surface area contributed by atoms with E-state index in [9.17, 15) is 4.79 Å². The van der Waals surface area contributed by atoms with E-state index in [-0.39, 0.29) is 12.5 Å². The molecule has 0 spiro atoms. The van der Waals surface area contributed by atoms with Gasteiger partial charge in [-0.3, -0.25) is 4.79 Å². The number of aliphatic hydroxyl groups excluding tert-OH is 1. The predicted molar refractivity (Wildman–Crippen MR) is 78.8 cm³/mol. The molecule has 0 aliphatic carbocycles. The van der Waals surface area contributed by atoms with Crippen LogP contribution in [-0.2, 0) is 24.4 Å². The number of carbonyl (C=O) groups excluding carboxylic acids is 1. The number of carbonyl (C=O) groups is 1. The summed E-state index contributed by atoms with van der Waals surface area (Å²) in [4.78, 5) is 11.8. The van der Waals surface area contributed by atoms with Crippen LogP contribution in [0.2, 0.25) is 0 Å². The van der Waals surface area contributed by atoms with Crippen LogP contribution in [0, 0.1) is 0 Å². The summed E-state index contributed by atoms with van der Waals surface area (Å²) >= 11 is 0. The van der Waals surface area contributed by atoms with Crippen molar-refractivity contribution < 1.29 is 9.90 Å². The largest absolute Gasteiger partial charge is 0.399 e. The highest BCUT2D eigenvalue weighted by Crippen LogP contribution is 2.07. The average Bonchev–Trinajstić information content (AvgIpc) is 2.48. The molecule has 4 nitrogen and oxygen atoms in total. The second kappa shape index (κ2) is 6.73. The topological polar surface area (TPSA) is 75.4 Å². The van der Waals surface area contributed by atoms with Crippen molar-refractivity contribution in [2.75, 3.05) is 5.73 Å². The Hall–Kier alpha value is -2.33. The average molecular weight is 270 g/mol. The fraction of sp³-hybridized carbons (Fsp3) is 0.188. The fourth-order valence-electron chi connectivity index (χ4n) is 1.85. The molecule has 1 amide bonds. The predicted octanol–water partition coefficient (Wildman–Crippen LogP) is 1.62. The van der Waals surface area contributed by atoms with Gasteiger partial charge < -0.3 is 16.2 Å². The minimum atomic E-state index is -0.0268. The molecule has 0 heterocycles.